The summed E-state index contributed by atoms with van der Waals surface area (Å²) in [6.07, 6.45) is 0. The standard InChI is InChI=1S/C16H14N2O2S/c1-2-4-11(5-3-1)15-9-17-16(21-15)18-12-6-7-13-14(8-12)20-10-19-13/h1-8,15H,9-10H2,(H,17,18). The van der Waals surface area contributed by atoms with Gasteiger partial charge in [-0.25, -0.2) is 0 Å². The Morgan fingerprint density at radius 3 is 2.81 bits per heavy atom. The number of ether oxygens (including phenoxy) is 2. The molecule has 1 atom stereocenters. The van der Waals surface area contributed by atoms with Gasteiger partial charge in [0.25, 0.3) is 0 Å². The van der Waals surface area contributed by atoms with Gasteiger partial charge in [-0.3, -0.25) is 4.99 Å². The van der Waals surface area contributed by atoms with Crippen LogP contribution in [0.1, 0.15) is 10.8 Å². The fourth-order valence-electron chi connectivity index (χ4n) is 2.38. The number of fused-ring (bicyclic) bond motifs is 1. The maximum atomic E-state index is 5.39. The van der Waals surface area contributed by atoms with Gasteiger partial charge in [0.15, 0.2) is 16.7 Å². The first-order chi connectivity index (χ1) is 10.4. The van der Waals surface area contributed by atoms with E-state index in [0.29, 0.717) is 12.0 Å². The first kappa shape index (κ1) is 12.6. The van der Waals surface area contributed by atoms with E-state index in [4.69, 9.17) is 9.47 Å². The summed E-state index contributed by atoms with van der Waals surface area (Å²) in [6, 6.07) is 16.3. The highest BCUT2D eigenvalue weighted by Gasteiger charge is 2.22. The highest BCUT2D eigenvalue weighted by molar-refractivity contribution is 8.14. The first-order valence-electron chi connectivity index (χ1n) is 6.81. The molecule has 0 spiro atoms. The van der Waals surface area contributed by atoms with Crippen molar-refractivity contribution in [2.75, 3.05) is 18.7 Å². The summed E-state index contributed by atoms with van der Waals surface area (Å²) in [5.41, 5.74) is 2.29. The third kappa shape index (κ3) is 2.56. The Kier molecular flexibility index (Phi) is 3.20. The van der Waals surface area contributed by atoms with Gasteiger partial charge in [0.05, 0.1) is 11.8 Å². The van der Waals surface area contributed by atoms with Crippen molar-refractivity contribution in [2.45, 2.75) is 5.25 Å². The lowest BCUT2D eigenvalue weighted by molar-refractivity contribution is 0.174. The van der Waals surface area contributed by atoms with Gasteiger partial charge in [-0.15, -0.1) is 0 Å². The number of thioether (sulfide) groups is 1. The predicted molar refractivity (Wildman–Crippen MR) is 85.3 cm³/mol. The average molecular weight is 298 g/mol. The van der Waals surface area contributed by atoms with Crippen molar-refractivity contribution in [2.24, 2.45) is 4.99 Å². The van der Waals surface area contributed by atoms with E-state index in [0.717, 1.165) is 28.9 Å². The van der Waals surface area contributed by atoms with Crippen molar-refractivity contribution in [1.29, 1.82) is 0 Å². The number of rotatable bonds is 2. The average Bonchev–Trinajstić information content (AvgIpc) is 3.17. The van der Waals surface area contributed by atoms with Gasteiger partial charge in [0.1, 0.15) is 0 Å². The molecule has 21 heavy (non-hydrogen) atoms. The van der Waals surface area contributed by atoms with Crippen LogP contribution in [-0.4, -0.2) is 18.5 Å². The molecule has 5 heteroatoms. The number of amidine groups is 1. The van der Waals surface area contributed by atoms with E-state index in [1.807, 2.05) is 24.3 Å². The van der Waals surface area contributed by atoms with Crippen LogP contribution in [0.2, 0.25) is 0 Å². The van der Waals surface area contributed by atoms with Gasteiger partial charge in [-0.1, -0.05) is 42.1 Å². The third-order valence-electron chi connectivity index (χ3n) is 3.45. The molecule has 0 fully saturated rings. The summed E-state index contributed by atoms with van der Waals surface area (Å²) in [5.74, 6) is 1.58. The van der Waals surface area contributed by atoms with Crippen LogP contribution in [0.25, 0.3) is 0 Å². The lowest BCUT2D eigenvalue weighted by Crippen LogP contribution is -2.05. The van der Waals surface area contributed by atoms with Crippen molar-refractivity contribution in [3.8, 4) is 11.5 Å². The van der Waals surface area contributed by atoms with Gasteiger partial charge in [0, 0.05) is 11.8 Å². The maximum absolute atomic E-state index is 5.39. The second-order valence-electron chi connectivity index (χ2n) is 4.86. The molecule has 0 bridgehead atoms. The minimum atomic E-state index is 0.296. The highest BCUT2D eigenvalue weighted by Crippen LogP contribution is 2.37. The molecule has 1 unspecified atom stereocenters. The molecule has 2 aromatic rings. The van der Waals surface area contributed by atoms with Crippen LogP contribution < -0.4 is 14.8 Å². The number of nitrogens with one attached hydrogen (secondary N) is 1. The van der Waals surface area contributed by atoms with Crippen LogP contribution >= 0.6 is 11.8 Å². The van der Waals surface area contributed by atoms with Crippen molar-refractivity contribution in [1.82, 2.24) is 0 Å². The normalized spacial score (nSPS) is 19.4. The number of nitrogens with zero attached hydrogens (tertiary/aromatic N) is 1. The van der Waals surface area contributed by atoms with Gasteiger partial charge in [-0.2, -0.15) is 0 Å². The summed E-state index contributed by atoms with van der Waals surface area (Å²) in [7, 11) is 0. The Morgan fingerprint density at radius 2 is 1.90 bits per heavy atom. The third-order valence-corrected chi connectivity index (χ3v) is 4.61. The van der Waals surface area contributed by atoms with E-state index < -0.39 is 0 Å². The predicted octanol–water partition coefficient (Wildman–Crippen LogP) is 3.67. The Hall–Kier alpha value is -2.14. The van der Waals surface area contributed by atoms with E-state index in [9.17, 15) is 0 Å². The summed E-state index contributed by atoms with van der Waals surface area (Å²) in [6.45, 7) is 1.10. The number of benzene rings is 2. The van der Waals surface area contributed by atoms with Gasteiger partial charge >= 0.3 is 0 Å². The van der Waals surface area contributed by atoms with Gasteiger partial charge in [0.2, 0.25) is 6.79 Å². The van der Waals surface area contributed by atoms with E-state index in [-0.39, 0.29) is 0 Å². The minimum Gasteiger partial charge on any atom is -0.454 e. The number of hydrogen-bond acceptors (Lipinski definition) is 5. The van der Waals surface area contributed by atoms with Crippen LogP contribution in [0.5, 0.6) is 11.5 Å². The number of anilines is 1. The lowest BCUT2D eigenvalue weighted by atomic mass is 10.1. The molecule has 2 aromatic carbocycles. The van der Waals surface area contributed by atoms with E-state index in [1.165, 1.54) is 5.56 Å². The smallest absolute Gasteiger partial charge is 0.231 e. The molecule has 0 aliphatic carbocycles. The largest absolute Gasteiger partial charge is 0.454 e. The fraction of sp³-hybridized carbons (Fsp3) is 0.188. The van der Waals surface area contributed by atoms with Crippen LogP contribution in [0.15, 0.2) is 53.5 Å². The number of hydrogen-bond donors (Lipinski definition) is 1. The Labute approximate surface area is 127 Å². The second kappa shape index (κ2) is 5.33. The molecule has 0 saturated carbocycles. The Morgan fingerprint density at radius 1 is 1.05 bits per heavy atom. The molecule has 0 radical (unpaired) electrons. The Balaban J connectivity index is 1.45. The van der Waals surface area contributed by atoms with Gasteiger partial charge < -0.3 is 14.8 Å². The molecule has 2 heterocycles. The molecular weight excluding hydrogens is 284 g/mol. The van der Waals surface area contributed by atoms with Crippen LogP contribution in [0.3, 0.4) is 0 Å². The zero-order chi connectivity index (χ0) is 14.1. The Bertz CT molecular complexity index is 688. The summed E-state index contributed by atoms with van der Waals surface area (Å²) < 4.78 is 10.7. The first-order valence-corrected chi connectivity index (χ1v) is 7.69. The molecule has 4 nitrogen and oxygen atoms in total. The van der Waals surface area contributed by atoms with E-state index in [2.05, 4.69) is 34.6 Å². The second-order valence-corrected chi connectivity index (χ2v) is 6.05. The monoisotopic (exact) mass is 298 g/mol. The lowest BCUT2D eigenvalue weighted by Gasteiger charge is -2.09. The highest BCUT2D eigenvalue weighted by atomic mass is 32.2. The topological polar surface area (TPSA) is 42.9 Å². The van der Waals surface area contributed by atoms with Crippen molar-refractivity contribution >= 4 is 22.6 Å². The van der Waals surface area contributed by atoms with Crippen molar-refractivity contribution < 1.29 is 9.47 Å². The maximum Gasteiger partial charge on any atom is 0.231 e. The minimum absolute atomic E-state index is 0.296. The molecule has 0 amide bonds. The SMILES string of the molecule is c1ccc(C2CN=C(Nc3ccc4c(c3)OCO4)S2)cc1. The molecule has 1 N–H and O–H groups in total. The molecule has 0 saturated heterocycles. The zero-order valence-electron chi connectivity index (χ0n) is 11.3. The zero-order valence-corrected chi connectivity index (χ0v) is 12.1. The van der Waals surface area contributed by atoms with Crippen LogP contribution in [0.4, 0.5) is 5.69 Å². The van der Waals surface area contributed by atoms with E-state index in [1.54, 1.807) is 11.8 Å². The molecule has 106 valence electrons. The van der Waals surface area contributed by atoms with E-state index >= 15 is 0 Å². The molecule has 4 rings (SSSR count). The fourth-order valence-corrected chi connectivity index (χ4v) is 3.42. The number of aliphatic imine (C=N–C) groups is 1. The van der Waals surface area contributed by atoms with Crippen LogP contribution in [0, 0.1) is 0 Å². The van der Waals surface area contributed by atoms with Gasteiger partial charge in [-0.05, 0) is 17.7 Å². The van der Waals surface area contributed by atoms with Crippen molar-refractivity contribution in [3.63, 3.8) is 0 Å². The summed E-state index contributed by atoms with van der Waals surface area (Å²) in [5, 5.41) is 4.69. The summed E-state index contributed by atoms with van der Waals surface area (Å²) >= 11 is 1.76. The quantitative estimate of drug-likeness (QED) is 0.918. The molecule has 0 aromatic heterocycles. The molecule has 2 aliphatic heterocycles. The molecule has 2 aliphatic rings. The summed E-state index contributed by atoms with van der Waals surface area (Å²) in [4.78, 5) is 4.58. The molecular formula is C16H14N2O2S. The van der Waals surface area contributed by atoms with Crippen LogP contribution in [-0.2, 0) is 0 Å². The van der Waals surface area contributed by atoms with Crippen molar-refractivity contribution in [3.05, 3.63) is 54.1 Å².